The number of benzene rings is 1. The van der Waals surface area contributed by atoms with Crippen LogP contribution in [0, 0.1) is 6.92 Å². The Bertz CT molecular complexity index is 219. The van der Waals surface area contributed by atoms with Crippen LogP contribution in [-0.4, -0.2) is 11.2 Å². The largest absolute Gasteiger partial charge is 0.465 e. The van der Waals surface area contributed by atoms with Gasteiger partial charge in [0.25, 0.3) is 0 Å². The molecule has 0 aliphatic heterocycles. The van der Waals surface area contributed by atoms with Crippen molar-refractivity contribution in [2.75, 3.05) is 5.73 Å². The van der Waals surface area contributed by atoms with Gasteiger partial charge in [-0.05, 0) is 19.1 Å². The maximum Gasteiger partial charge on any atom is 0.402 e. The van der Waals surface area contributed by atoms with E-state index in [-0.39, 0.29) is 0 Å². The van der Waals surface area contributed by atoms with Crippen LogP contribution in [-0.2, 0) is 0 Å². The minimum atomic E-state index is -1.33. The van der Waals surface area contributed by atoms with Gasteiger partial charge in [-0.25, -0.2) is 4.79 Å². The summed E-state index contributed by atoms with van der Waals surface area (Å²) in [6.07, 6.45) is -1.33. The van der Waals surface area contributed by atoms with Crippen LogP contribution in [0.4, 0.5) is 10.5 Å². The number of carbonyl (C=O) groups is 1. The van der Waals surface area contributed by atoms with Crippen molar-refractivity contribution in [2.24, 2.45) is 5.73 Å². The standard InChI is InChI=1S/C7H9N.CH3NO2/c1-6-2-4-7(8)5-3-6;2-1(3)4/h2-5H,8H2,1H3;2H2,(H,3,4). The maximum absolute atomic E-state index is 8.78. The van der Waals surface area contributed by atoms with E-state index in [4.69, 9.17) is 15.6 Å². The highest BCUT2D eigenvalue weighted by Gasteiger charge is 1.80. The van der Waals surface area contributed by atoms with Gasteiger partial charge in [0.15, 0.2) is 0 Å². The number of nitrogens with two attached hydrogens (primary N) is 2. The van der Waals surface area contributed by atoms with E-state index >= 15 is 0 Å². The first kappa shape index (κ1) is 10.3. The molecule has 0 radical (unpaired) electrons. The normalized spacial score (nSPS) is 8.08. The molecular formula is C8H12N2O2. The van der Waals surface area contributed by atoms with E-state index in [1.54, 1.807) is 0 Å². The Morgan fingerprint density at radius 3 is 1.92 bits per heavy atom. The Balaban J connectivity index is 0.000000261. The van der Waals surface area contributed by atoms with Crippen molar-refractivity contribution < 1.29 is 9.90 Å². The number of rotatable bonds is 0. The van der Waals surface area contributed by atoms with Crippen molar-refractivity contribution >= 4 is 11.8 Å². The second kappa shape index (κ2) is 5.01. The van der Waals surface area contributed by atoms with E-state index in [1.165, 1.54) is 5.56 Å². The van der Waals surface area contributed by atoms with E-state index in [0.29, 0.717) is 0 Å². The number of carboxylic acid groups (broad SMARTS) is 1. The van der Waals surface area contributed by atoms with Gasteiger partial charge in [-0.1, -0.05) is 17.7 Å². The Morgan fingerprint density at radius 2 is 1.67 bits per heavy atom. The summed E-state index contributed by atoms with van der Waals surface area (Å²) in [6, 6.07) is 7.79. The third-order valence-electron chi connectivity index (χ3n) is 1.08. The van der Waals surface area contributed by atoms with E-state index in [1.807, 2.05) is 31.2 Å². The lowest BCUT2D eigenvalue weighted by atomic mass is 10.2. The van der Waals surface area contributed by atoms with Crippen LogP contribution in [0.2, 0.25) is 0 Å². The van der Waals surface area contributed by atoms with Crippen LogP contribution < -0.4 is 11.5 Å². The summed E-state index contributed by atoms with van der Waals surface area (Å²) in [6.45, 7) is 2.04. The first-order valence-electron chi connectivity index (χ1n) is 3.33. The maximum atomic E-state index is 8.78. The number of primary amides is 1. The Morgan fingerprint density at radius 1 is 1.33 bits per heavy atom. The van der Waals surface area contributed by atoms with Crippen LogP contribution in [0.5, 0.6) is 0 Å². The zero-order valence-electron chi connectivity index (χ0n) is 6.82. The molecule has 0 fully saturated rings. The molecule has 0 spiro atoms. The molecule has 0 aliphatic rings. The summed E-state index contributed by atoms with van der Waals surface area (Å²) in [7, 11) is 0. The smallest absolute Gasteiger partial charge is 0.402 e. The molecule has 12 heavy (non-hydrogen) atoms. The van der Waals surface area contributed by atoms with Gasteiger partial charge in [0.1, 0.15) is 0 Å². The SMILES string of the molecule is Cc1ccc(N)cc1.NC(=O)O. The fraction of sp³-hybridized carbons (Fsp3) is 0.125. The van der Waals surface area contributed by atoms with Crippen molar-refractivity contribution in [1.82, 2.24) is 0 Å². The highest BCUT2D eigenvalue weighted by atomic mass is 16.4. The summed E-state index contributed by atoms with van der Waals surface area (Å²) in [5, 5.41) is 7.19. The van der Waals surface area contributed by atoms with Crippen LogP contribution >= 0.6 is 0 Å². The van der Waals surface area contributed by atoms with Gasteiger partial charge in [0, 0.05) is 5.69 Å². The minimum absolute atomic E-state index is 0.829. The summed E-state index contributed by atoms with van der Waals surface area (Å²) in [5.74, 6) is 0. The predicted octanol–water partition coefficient (Wildman–Crippen LogP) is 1.20. The van der Waals surface area contributed by atoms with Crippen molar-refractivity contribution in [1.29, 1.82) is 0 Å². The van der Waals surface area contributed by atoms with Crippen LogP contribution in [0.15, 0.2) is 24.3 Å². The molecule has 0 bridgehead atoms. The lowest BCUT2D eigenvalue weighted by Crippen LogP contribution is -2.03. The number of hydrogen-bond donors (Lipinski definition) is 3. The molecule has 0 heterocycles. The van der Waals surface area contributed by atoms with Gasteiger partial charge in [-0.15, -0.1) is 0 Å². The molecule has 1 aromatic carbocycles. The molecule has 1 amide bonds. The van der Waals surface area contributed by atoms with Crippen LogP contribution in [0.3, 0.4) is 0 Å². The fourth-order valence-corrected chi connectivity index (χ4v) is 0.566. The molecule has 5 N–H and O–H groups in total. The van der Waals surface area contributed by atoms with Crippen molar-refractivity contribution in [3.05, 3.63) is 29.8 Å². The number of anilines is 1. The lowest BCUT2D eigenvalue weighted by molar-refractivity contribution is 0.205. The Hall–Kier alpha value is -1.71. The average Bonchev–Trinajstić information content (AvgIpc) is 1.94. The van der Waals surface area contributed by atoms with Crippen molar-refractivity contribution in [2.45, 2.75) is 6.92 Å². The molecular weight excluding hydrogens is 156 g/mol. The molecule has 4 nitrogen and oxygen atoms in total. The molecule has 0 saturated carbocycles. The van der Waals surface area contributed by atoms with Gasteiger partial charge < -0.3 is 16.6 Å². The van der Waals surface area contributed by atoms with E-state index in [9.17, 15) is 0 Å². The van der Waals surface area contributed by atoms with Gasteiger partial charge in [-0.3, -0.25) is 0 Å². The first-order valence-corrected chi connectivity index (χ1v) is 3.33. The molecule has 1 rings (SSSR count). The number of hydrogen-bond acceptors (Lipinski definition) is 2. The summed E-state index contributed by atoms with van der Waals surface area (Å²) in [4.78, 5) is 8.78. The minimum Gasteiger partial charge on any atom is -0.465 e. The molecule has 0 aromatic heterocycles. The zero-order valence-corrected chi connectivity index (χ0v) is 6.82. The van der Waals surface area contributed by atoms with Crippen molar-refractivity contribution in [3.63, 3.8) is 0 Å². The third kappa shape index (κ3) is 6.41. The third-order valence-corrected chi connectivity index (χ3v) is 1.08. The highest BCUT2D eigenvalue weighted by Crippen LogP contribution is 2.02. The highest BCUT2D eigenvalue weighted by molar-refractivity contribution is 5.61. The number of amides is 1. The van der Waals surface area contributed by atoms with Crippen molar-refractivity contribution in [3.8, 4) is 0 Å². The summed E-state index contributed by atoms with van der Waals surface area (Å²) in [5.41, 5.74) is 11.5. The lowest BCUT2D eigenvalue weighted by Gasteiger charge is -1.90. The Labute approximate surface area is 70.8 Å². The summed E-state index contributed by atoms with van der Waals surface area (Å²) >= 11 is 0. The quantitative estimate of drug-likeness (QED) is 0.508. The zero-order chi connectivity index (χ0) is 9.56. The van der Waals surface area contributed by atoms with Gasteiger partial charge in [-0.2, -0.15) is 0 Å². The average molecular weight is 168 g/mol. The number of aryl methyl sites for hydroxylation is 1. The molecule has 4 heteroatoms. The molecule has 66 valence electrons. The van der Waals surface area contributed by atoms with E-state index in [2.05, 4.69) is 5.73 Å². The van der Waals surface area contributed by atoms with Crippen LogP contribution in [0.1, 0.15) is 5.56 Å². The molecule has 0 aliphatic carbocycles. The molecule has 0 saturated heterocycles. The molecule has 0 atom stereocenters. The monoisotopic (exact) mass is 168 g/mol. The van der Waals surface area contributed by atoms with Gasteiger partial charge in [0.05, 0.1) is 0 Å². The topological polar surface area (TPSA) is 89.3 Å². The predicted molar refractivity (Wildman–Crippen MR) is 47.8 cm³/mol. The van der Waals surface area contributed by atoms with Gasteiger partial charge >= 0.3 is 6.09 Å². The van der Waals surface area contributed by atoms with Crippen LogP contribution in [0.25, 0.3) is 0 Å². The first-order chi connectivity index (χ1) is 5.52. The molecule has 1 aromatic rings. The second-order valence-corrected chi connectivity index (χ2v) is 2.25. The summed E-state index contributed by atoms with van der Waals surface area (Å²) < 4.78 is 0. The van der Waals surface area contributed by atoms with E-state index in [0.717, 1.165) is 5.69 Å². The molecule has 0 unspecified atom stereocenters. The van der Waals surface area contributed by atoms with E-state index < -0.39 is 6.09 Å². The number of nitrogen functional groups attached to an aromatic ring is 1. The fourth-order valence-electron chi connectivity index (χ4n) is 0.566. The second-order valence-electron chi connectivity index (χ2n) is 2.25. The Kier molecular flexibility index (Phi) is 4.30. The van der Waals surface area contributed by atoms with Gasteiger partial charge in [0.2, 0.25) is 0 Å².